The topological polar surface area (TPSA) is 84.7 Å². The van der Waals surface area contributed by atoms with Gasteiger partial charge in [-0.05, 0) is 12.0 Å². The van der Waals surface area contributed by atoms with Crippen LogP contribution >= 0.6 is 0 Å². The molecular formula is C15H11F3N4O2. The Morgan fingerprint density at radius 3 is 2.50 bits per heavy atom. The van der Waals surface area contributed by atoms with E-state index in [9.17, 15) is 18.0 Å². The molecule has 0 amide bonds. The second kappa shape index (κ2) is 6.26. The van der Waals surface area contributed by atoms with Gasteiger partial charge < -0.3 is 9.51 Å². The minimum Gasteiger partial charge on any atom is -0.329 e. The number of nitrogens with one attached hydrogen (secondary N) is 1. The van der Waals surface area contributed by atoms with Crippen molar-refractivity contribution in [3.63, 3.8) is 0 Å². The van der Waals surface area contributed by atoms with Crippen LogP contribution in [-0.4, -0.2) is 20.1 Å². The van der Waals surface area contributed by atoms with Gasteiger partial charge in [0.25, 0.3) is 5.56 Å². The molecule has 3 rings (SSSR count). The highest BCUT2D eigenvalue weighted by molar-refractivity contribution is 5.47. The van der Waals surface area contributed by atoms with Crippen LogP contribution in [0, 0.1) is 0 Å². The summed E-state index contributed by atoms with van der Waals surface area (Å²) in [5, 5.41) is 3.23. The predicted molar refractivity (Wildman–Crippen MR) is 77.0 cm³/mol. The molecule has 24 heavy (non-hydrogen) atoms. The summed E-state index contributed by atoms with van der Waals surface area (Å²) in [5.74, 6) is -1.53. The second-order valence-electron chi connectivity index (χ2n) is 4.98. The molecule has 6 nitrogen and oxygen atoms in total. The first-order valence-electron chi connectivity index (χ1n) is 6.97. The number of aryl methyl sites for hydroxylation is 2. The SMILES string of the molecule is O=c1cc(-c2noc(C(F)(F)F)n2)nc(CCc2ccccc2)[nH]1. The summed E-state index contributed by atoms with van der Waals surface area (Å²) in [6, 6.07) is 10.5. The van der Waals surface area contributed by atoms with Crippen molar-refractivity contribution in [2.24, 2.45) is 0 Å². The van der Waals surface area contributed by atoms with Crippen molar-refractivity contribution < 1.29 is 17.7 Å². The average molecular weight is 336 g/mol. The summed E-state index contributed by atoms with van der Waals surface area (Å²) in [7, 11) is 0. The fourth-order valence-electron chi connectivity index (χ4n) is 2.09. The van der Waals surface area contributed by atoms with Crippen LogP contribution in [0.15, 0.2) is 45.7 Å². The molecule has 0 radical (unpaired) electrons. The highest BCUT2D eigenvalue weighted by Crippen LogP contribution is 2.28. The molecule has 124 valence electrons. The Hall–Kier alpha value is -2.97. The number of rotatable bonds is 4. The predicted octanol–water partition coefficient (Wildman–Crippen LogP) is 2.62. The number of alkyl halides is 3. The molecule has 0 aliphatic rings. The lowest BCUT2D eigenvalue weighted by molar-refractivity contribution is -0.159. The Morgan fingerprint density at radius 2 is 1.83 bits per heavy atom. The monoisotopic (exact) mass is 336 g/mol. The zero-order chi connectivity index (χ0) is 17.2. The molecule has 0 fully saturated rings. The van der Waals surface area contributed by atoms with Crippen molar-refractivity contribution in [3.8, 4) is 11.5 Å². The molecule has 3 aromatic rings. The van der Waals surface area contributed by atoms with Gasteiger partial charge in [0, 0.05) is 12.5 Å². The Balaban J connectivity index is 1.84. The maximum Gasteiger partial charge on any atom is 0.471 e. The highest BCUT2D eigenvalue weighted by Gasteiger charge is 2.38. The number of hydrogen-bond donors (Lipinski definition) is 1. The highest BCUT2D eigenvalue weighted by atomic mass is 19.4. The number of hydrogen-bond acceptors (Lipinski definition) is 5. The molecule has 0 aliphatic carbocycles. The molecule has 0 unspecified atom stereocenters. The van der Waals surface area contributed by atoms with Gasteiger partial charge in [-0.3, -0.25) is 4.79 Å². The quantitative estimate of drug-likeness (QED) is 0.792. The normalized spacial score (nSPS) is 11.6. The van der Waals surface area contributed by atoms with E-state index in [0.29, 0.717) is 18.7 Å². The maximum absolute atomic E-state index is 12.5. The van der Waals surface area contributed by atoms with Crippen LogP contribution in [0.4, 0.5) is 13.2 Å². The van der Waals surface area contributed by atoms with E-state index >= 15 is 0 Å². The molecule has 0 atom stereocenters. The van der Waals surface area contributed by atoms with Gasteiger partial charge in [-0.2, -0.15) is 18.2 Å². The number of aromatic amines is 1. The fraction of sp³-hybridized carbons (Fsp3) is 0.200. The average Bonchev–Trinajstić information content (AvgIpc) is 3.04. The second-order valence-corrected chi connectivity index (χ2v) is 4.98. The van der Waals surface area contributed by atoms with E-state index in [1.54, 1.807) is 0 Å². The number of halogens is 3. The van der Waals surface area contributed by atoms with Gasteiger partial charge in [-0.25, -0.2) is 4.98 Å². The summed E-state index contributed by atoms with van der Waals surface area (Å²) in [5.41, 5.74) is 0.479. The van der Waals surface area contributed by atoms with E-state index in [2.05, 4.69) is 24.6 Å². The summed E-state index contributed by atoms with van der Waals surface area (Å²) < 4.78 is 41.7. The summed E-state index contributed by atoms with van der Waals surface area (Å²) >= 11 is 0. The van der Waals surface area contributed by atoms with Crippen molar-refractivity contribution in [1.82, 2.24) is 20.1 Å². The zero-order valence-electron chi connectivity index (χ0n) is 12.2. The maximum atomic E-state index is 12.5. The summed E-state index contributed by atoms with van der Waals surface area (Å²) in [6.07, 6.45) is -3.72. The van der Waals surface area contributed by atoms with Crippen LogP contribution in [0.5, 0.6) is 0 Å². The lowest BCUT2D eigenvalue weighted by atomic mass is 10.1. The van der Waals surface area contributed by atoms with E-state index < -0.39 is 17.6 Å². The first-order chi connectivity index (χ1) is 11.4. The third-order valence-electron chi connectivity index (χ3n) is 3.18. The molecule has 0 bridgehead atoms. The fourth-order valence-corrected chi connectivity index (χ4v) is 2.09. The number of H-pyrrole nitrogens is 1. The van der Waals surface area contributed by atoms with Crippen LogP contribution in [0.1, 0.15) is 17.3 Å². The van der Waals surface area contributed by atoms with Gasteiger partial charge in [0.15, 0.2) is 0 Å². The largest absolute Gasteiger partial charge is 0.471 e. The van der Waals surface area contributed by atoms with Crippen molar-refractivity contribution in [2.75, 3.05) is 0 Å². The third-order valence-corrected chi connectivity index (χ3v) is 3.18. The van der Waals surface area contributed by atoms with E-state index in [1.807, 2.05) is 30.3 Å². The van der Waals surface area contributed by atoms with Gasteiger partial charge in [-0.15, -0.1) is 0 Å². The Labute approximate surface area is 133 Å². The summed E-state index contributed by atoms with van der Waals surface area (Å²) in [6.45, 7) is 0. The Morgan fingerprint density at radius 1 is 1.08 bits per heavy atom. The van der Waals surface area contributed by atoms with Gasteiger partial charge in [-0.1, -0.05) is 35.5 Å². The molecule has 2 aromatic heterocycles. The lowest BCUT2D eigenvalue weighted by Crippen LogP contribution is -2.12. The zero-order valence-corrected chi connectivity index (χ0v) is 12.2. The van der Waals surface area contributed by atoms with Gasteiger partial charge >= 0.3 is 12.1 Å². The first kappa shape index (κ1) is 15.9. The molecule has 1 aromatic carbocycles. The van der Waals surface area contributed by atoms with Crippen LogP contribution in [0.3, 0.4) is 0 Å². The Bertz CT molecular complexity index is 887. The Kier molecular flexibility index (Phi) is 4.15. The van der Waals surface area contributed by atoms with Crippen LogP contribution in [-0.2, 0) is 19.0 Å². The molecule has 9 heteroatoms. The van der Waals surface area contributed by atoms with E-state index in [4.69, 9.17) is 0 Å². The van der Waals surface area contributed by atoms with Crippen molar-refractivity contribution in [1.29, 1.82) is 0 Å². The lowest BCUT2D eigenvalue weighted by Gasteiger charge is -2.02. The van der Waals surface area contributed by atoms with E-state index in [1.165, 1.54) is 0 Å². The minimum atomic E-state index is -4.75. The van der Waals surface area contributed by atoms with Gasteiger partial charge in [0.2, 0.25) is 5.82 Å². The molecule has 2 heterocycles. The summed E-state index contributed by atoms with van der Waals surface area (Å²) in [4.78, 5) is 21.6. The van der Waals surface area contributed by atoms with E-state index in [-0.39, 0.29) is 11.5 Å². The van der Waals surface area contributed by atoms with Gasteiger partial charge in [0.05, 0.1) is 0 Å². The molecule has 1 N–H and O–H groups in total. The van der Waals surface area contributed by atoms with Crippen LogP contribution < -0.4 is 5.56 Å². The van der Waals surface area contributed by atoms with Crippen molar-refractivity contribution in [2.45, 2.75) is 19.0 Å². The van der Waals surface area contributed by atoms with Crippen LogP contribution in [0.25, 0.3) is 11.5 Å². The molecule has 0 saturated heterocycles. The van der Waals surface area contributed by atoms with Crippen molar-refractivity contribution >= 4 is 0 Å². The molecule has 0 spiro atoms. The third kappa shape index (κ3) is 3.67. The van der Waals surface area contributed by atoms with Crippen LogP contribution in [0.2, 0.25) is 0 Å². The van der Waals surface area contributed by atoms with Gasteiger partial charge in [0.1, 0.15) is 11.5 Å². The van der Waals surface area contributed by atoms with E-state index in [0.717, 1.165) is 11.6 Å². The minimum absolute atomic E-state index is 0.0685. The molecule has 0 aliphatic heterocycles. The molecular weight excluding hydrogens is 325 g/mol. The number of aromatic nitrogens is 4. The number of benzene rings is 1. The smallest absolute Gasteiger partial charge is 0.329 e. The molecule has 0 saturated carbocycles. The standard InChI is InChI=1S/C15H11F3N4O2/c16-15(17,18)14-21-13(22-24-14)10-8-12(23)20-11(19-10)7-6-9-4-2-1-3-5-9/h1-5,8H,6-7H2,(H,19,20,23). The first-order valence-corrected chi connectivity index (χ1v) is 6.97. The van der Waals surface area contributed by atoms with Crippen molar-refractivity contribution in [3.05, 3.63) is 64.0 Å². The number of nitrogens with zero attached hydrogens (tertiary/aromatic N) is 3.